The molecule has 0 radical (unpaired) electrons. The van der Waals surface area contributed by atoms with Gasteiger partial charge in [0.25, 0.3) is 0 Å². The van der Waals surface area contributed by atoms with Gasteiger partial charge in [-0.3, -0.25) is 13.7 Å². The molecule has 0 saturated heterocycles. The Bertz CT molecular complexity index is 10900. The van der Waals surface area contributed by atoms with Gasteiger partial charge in [-0.2, -0.15) is 0 Å². The van der Waals surface area contributed by atoms with Crippen LogP contribution in [-0.2, 0) is 0 Å². The second-order valence-electron chi connectivity index (χ2n) is 38.4. The fourth-order valence-electron chi connectivity index (χ4n) is 24.3. The van der Waals surface area contributed by atoms with Gasteiger partial charge in [0.2, 0.25) is 0 Å². The highest BCUT2D eigenvalue weighted by Crippen LogP contribution is 2.56. The van der Waals surface area contributed by atoms with Crippen LogP contribution in [0.25, 0.3) is 314 Å². The molecule has 0 atom stereocenters. The quantitative estimate of drug-likeness (QED) is 0.141. The van der Waals surface area contributed by atoms with Crippen molar-refractivity contribution in [3.05, 3.63) is 479 Å². The van der Waals surface area contributed by atoms with Gasteiger partial charge in [-0.15, -0.1) is 0 Å². The summed E-state index contributed by atoms with van der Waals surface area (Å²) in [5.74, 6) is 2.50. The van der Waals surface area contributed by atoms with E-state index in [0.717, 1.165) is 155 Å². The van der Waals surface area contributed by atoms with E-state index >= 15 is 0 Å². The van der Waals surface area contributed by atoms with E-state index in [-0.39, 0.29) is 0 Å². The molecule has 3 aliphatic rings. The first kappa shape index (κ1) is 80.5. The van der Waals surface area contributed by atoms with E-state index in [4.69, 9.17) is 29.9 Å². The van der Waals surface area contributed by atoms with E-state index in [1.807, 2.05) is 0 Å². The Balaban J connectivity index is 0.0000000990. The summed E-state index contributed by atoms with van der Waals surface area (Å²) in [6.07, 6.45) is 0. The fourth-order valence-corrected chi connectivity index (χ4v) is 24.3. The van der Waals surface area contributed by atoms with Gasteiger partial charge in [-0.25, -0.2) is 29.9 Å². The predicted octanol–water partition coefficient (Wildman–Crippen LogP) is 35.5. The van der Waals surface area contributed by atoms with Crippen LogP contribution in [0.15, 0.2) is 479 Å². The number of aromatic nitrogens is 9. The van der Waals surface area contributed by atoms with Gasteiger partial charge in [0.15, 0.2) is 17.5 Å². The molecule has 6 heterocycles. The number of hydrogen-bond donors (Lipinski definition) is 0. The Morgan fingerprint density at radius 3 is 0.828 bits per heavy atom. The van der Waals surface area contributed by atoms with Crippen molar-refractivity contribution in [2.75, 3.05) is 0 Å². The zero-order valence-electron chi connectivity index (χ0n) is 78.1. The zero-order valence-corrected chi connectivity index (χ0v) is 78.1. The lowest BCUT2D eigenvalue weighted by Crippen LogP contribution is -2.04. The van der Waals surface area contributed by atoms with Crippen molar-refractivity contribution in [1.29, 1.82) is 0 Å². The third kappa shape index (κ3) is 12.1. The minimum Gasteiger partial charge on any atom is -0.292 e. The Hall–Kier alpha value is -19.5. The van der Waals surface area contributed by atoms with E-state index in [9.17, 15) is 0 Å². The van der Waals surface area contributed by atoms with Crippen molar-refractivity contribution in [2.45, 2.75) is 0 Å². The normalized spacial score (nSPS) is 12.1. The lowest BCUT2D eigenvalue weighted by Gasteiger charge is -2.16. The van der Waals surface area contributed by atoms with E-state index in [1.165, 1.54) is 159 Å². The van der Waals surface area contributed by atoms with Crippen LogP contribution in [0.1, 0.15) is 0 Å². The maximum atomic E-state index is 5.62. The Labute approximate surface area is 831 Å². The number of hydrogen-bond acceptors (Lipinski definition) is 6. The lowest BCUT2D eigenvalue weighted by molar-refractivity contribution is 1.08. The smallest absolute Gasteiger partial charge is 0.165 e. The van der Waals surface area contributed by atoms with Gasteiger partial charge >= 0.3 is 0 Å². The van der Waals surface area contributed by atoms with Gasteiger partial charge in [0, 0.05) is 65.2 Å². The Kier molecular flexibility index (Phi) is 17.5. The molecule has 0 bridgehead atoms. The van der Waals surface area contributed by atoms with Crippen LogP contribution in [-0.4, -0.2) is 43.6 Å². The molecule has 0 N–H and O–H groups in total. The number of fused-ring (bicyclic) bond motifs is 19. The molecule has 9 nitrogen and oxygen atoms in total. The van der Waals surface area contributed by atoms with E-state index in [0.29, 0.717) is 0 Å². The van der Waals surface area contributed by atoms with Crippen molar-refractivity contribution in [1.82, 2.24) is 43.6 Å². The topological polar surface area (TPSA) is 92.1 Å². The Morgan fingerprint density at radius 1 is 0.131 bits per heavy atom. The van der Waals surface area contributed by atoms with Crippen LogP contribution < -0.4 is 0 Å². The van der Waals surface area contributed by atoms with Crippen molar-refractivity contribution in [2.24, 2.45) is 0 Å². The van der Waals surface area contributed by atoms with Crippen molar-refractivity contribution >= 4 is 174 Å². The minimum absolute atomic E-state index is 0.830. The average Bonchev–Trinajstić information content (AvgIpc) is 1.55. The molecule has 0 spiro atoms. The third-order valence-corrected chi connectivity index (χ3v) is 30.7. The summed E-state index contributed by atoms with van der Waals surface area (Å²) in [6.45, 7) is 0. The molecule has 0 amide bonds. The SMILES string of the molecule is c1ccc(-c2ccc(-c3nc4ccc5ccccc5c4nc3-n3c4cccc5c4c4c6c(cccc6ccc43)-c3ccccc3-5)cc2)cc1.c1ccc(-c2cccc(-c3nc4ccc5ccccc5c4nc3-n3c4cccc5c4c4c6c(cccc6ccc43)-c3ccccc3-5)c2)cc1.c1ccc2c(c1)-c1cccc3ccc4c(c13)c1c-2cccc1n4-c1nc2ccc3ccccc3c2nc1-c1ccc2ccccc2c1. The van der Waals surface area contributed by atoms with Gasteiger partial charge in [-0.05, 0) is 215 Å². The maximum Gasteiger partial charge on any atom is 0.165 e. The van der Waals surface area contributed by atoms with Crippen LogP contribution in [0, 0.1) is 0 Å². The molecular weight excluding hydrogens is 1760 g/mol. The summed E-state index contributed by atoms with van der Waals surface area (Å²) in [4.78, 5) is 33.2. The molecule has 145 heavy (non-hydrogen) atoms. The average molecular weight is 1840 g/mol. The van der Waals surface area contributed by atoms with E-state index in [2.05, 4.69) is 493 Å². The van der Waals surface area contributed by atoms with Crippen LogP contribution in [0.2, 0.25) is 0 Å². The van der Waals surface area contributed by atoms with Crippen LogP contribution in [0.3, 0.4) is 0 Å². The minimum atomic E-state index is 0.830. The first-order valence-corrected chi connectivity index (χ1v) is 49.6. The summed E-state index contributed by atoms with van der Waals surface area (Å²) >= 11 is 0. The molecule has 3 aliphatic carbocycles. The molecule has 0 saturated carbocycles. The Morgan fingerprint density at radius 2 is 0.393 bits per heavy atom. The maximum absolute atomic E-state index is 5.62. The predicted molar refractivity (Wildman–Crippen MR) is 605 cm³/mol. The van der Waals surface area contributed by atoms with Gasteiger partial charge in [0.05, 0.1) is 66.2 Å². The van der Waals surface area contributed by atoms with Crippen LogP contribution in [0.5, 0.6) is 0 Å². The van der Waals surface area contributed by atoms with Crippen LogP contribution in [0.4, 0.5) is 0 Å². The molecule has 30 aromatic rings. The number of nitrogens with zero attached hydrogens (tertiary/aromatic N) is 9. The molecule has 24 aromatic carbocycles. The number of benzene rings is 24. The van der Waals surface area contributed by atoms with Crippen LogP contribution >= 0.6 is 0 Å². The summed E-state index contributed by atoms with van der Waals surface area (Å²) < 4.78 is 7.11. The largest absolute Gasteiger partial charge is 0.292 e. The van der Waals surface area contributed by atoms with E-state index in [1.54, 1.807) is 0 Å². The summed E-state index contributed by atoms with van der Waals surface area (Å²) in [5.41, 5.74) is 37.6. The summed E-state index contributed by atoms with van der Waals surface area (Å²) in [7, 11) is 0. The van der Waals surface area contributed by atoms with E-state index < -0.39 is 0 Å². The molecule has 0 unspecified atom stereocenters. The first-order chi connectivity index (χ1) is 71.9. The molecule has 9 heteroatoms. The highest BCUT2D eigenvalue weighted by atomic mass is 15.1. The van der Waals surface area contributed by atoms with Gasteiger partial charge in [0.1, 0.15) is 17.1 Å². The lowest BCUT2D eigenvalue weighted by atomic mass is 9.93. The standard InChI is InChI=1S/2C46H27N3.C44H25N3/c1-2-11-28(12-3-1)31-15-8-16-32(27-31)44-46(48-45-33-17-5-4-13-29(33)23-25-38(45)47-44)49-39-22-10-21-37-35-19-7-6-18-34(35)36-20-9-14-30-24-26-40(49)43(41(30)36)42(37)39;1-2-10-28(11-3-1)29-20-22-32(23-21-29)44-46(48-45-33-14-5-4-12-30(33)24-26-38(45)47-44)49-39-19-9-18-37-35-16-7-6-15-34(35)36-17-8-13-31-25-27-40(49)43(41(31)36)42(37)39;1-2-11-29-25-30(20-19-26(29)9-1)42-44(45-36-23-21-27-10-3-4-13-31(27)43(36)46-42)47-37-18-8-17-35-33-15-6-5-14-32(33)34-16-7-12-28-22-24-38(47)41(39(28)34)40(35)37/h2*1-27H;1-25H. The molecule has 0 aliphatic heterocycles. The highest BCUT2D eigenvalue weighted by Gasteiger charge is 2.33. The third-order valence-electron chi connectivity index (χ3n) is 30.7. The van der Waals surface area contributed by atoms with Gasteiger partial charge in [-0.1, -0.05) is 413 Å². The monoisotopic (exact) mass is 1840 g/mol. The summed E-state index contributed by atoms with van der Waals surface area (Å²) in [5, 5.41) is 24.3. The molecule has 6 aromatic heterocycles. The van der Waals surface area contributed by atoms with Crippen molar-refractivity contribution in [3.63, 3.8) is 0 Å². The molecule has 33 rings (SSSR count). The number of rotatable bonds is 8. The molecule has 0 fully saturated rings. The fraction of sp³-hybridized carbons (Fsp3) is 0. The molecular formula is C136H79N9. The second kappa shape index (κ2) is 31.5. The van der Waals surface area contributed by atoms with Gasteiger partial charge < -0.3 is 0 Å². The molecule has 668 valence electrons. The van der Waals surface area contributed by atoms with Crippen molar-refractivity contribution < 1.29 is 0 Å². The first-order valence-electron chi connectivity index (χ1n) is 49.6. The highest BCUT2D eigenvalue weighted by molar-refractivity contribution is 6.34. The zero-order chi connectivity index (χ0) is 94.7. The second-order valence-corrected chi connectivity index (χ2v) is 38.4. The van der Waals surface area contributed by atoms with Crippen molar-refractivity contribution in [3.8, 4) is 140 Å². The summed E-state index contributed by atoms with van der Waals surface area (Å²) in [6, 6.07) is 172.